The molecule has 0 radical (unpaired) electrons. The molecule has 1 unspecified atom stereocenters. The number of aliphatic hydroxyl groups is 1. The lowest BCUT2D eigenvalue weighted by atomic mass is 9.96. The monoisotopic (exact) mass is 319 g/mol. The number of amides is 1. The van der Waals surface area contributed by atoms with E-state index < -0.39 is 17.7 Å². The van der Waals surface area contributed by atoms with Gasteiger partial charge in [-0.3, -0.25) is 9.59 Å². The Bertz CT molecular complexity index is 620. The summed E-state index contributed by atoms with van der Waals surface area (Å²) in [7, 11) is 3.15. The molecule has 1 aliphatic heterocycles. The number of ketones is 1. The van der Waals surface area contributed by atoms with Crippen molar-refractivity contribution in [2.24, 2.45) is 0 Å². The van der Waals surface area contributed by atoms with Crippen molar-refractivity contribution in [2.75, 3.05) is 27.4 Å². The molecule has 1 aromatic rings. The number of hydrogen-bond acceptors (Lipinski definition) is 5. The minimum Gasteiger partial charge on any atom is -0.503 e. The topological polar surface area (TPSA) is 76.1 Å². The zero-order valence-corrected chi connectivity index (χ0v) is 13.5. The van der Waals surface area contributed by atoms with E-state index in [1.807, 2.05) is 0 Å². The molecular weight excluding hydrogens is 298 g/mol. The first-order valence-corrected chi connectivity index (χ1v) is 7.39. The van der Waals surface area contributed by atoms with Gasteiger partial charge in [-0.2, -0.15) is 0 Å². The van der Waals surface area contributed by atoms with Crippen LogP contribution < -0.4 is 4.74 Å². The first kappa shape index (κ1) is 17.0. The average molecular weight is 319 g/mol. The fourth-order valence-electron chi connectivity index (χ4n) is 2.76. The number of carbonyl (C=O) groups excluding carboxylic acids is 2. The lowest BCUT2D eigenvalue weighted by Gasteiger charge is -2.26. The Morgan fingerprint density at radius 1 is 1.26 bits per heavy atom. The van der Waals surface area contributed by atoms with Gasteiger partial charge in [0, 0.05) is 20.3 Å². The third kappa shape index (κ3) is 3.37. The summed E-state index contributed by atoms with van der Waals surface area (Å²) in [6.07, 6.45) is 0.618. The van der Waals surface area contributed by atoms with Gasteiger partial charge in [0.25, 0.3) is 5.91 Å². The summed E-state index contributed by atoms with van der Waals surface area (Å²) in [4.78, 5) is 25.8. The van der Waals surface area contributed by atoms with Crippen molar-refractivity contribution in [1.82, 2.24) is 4.90 Å². The molecule has 0 aromatic heterocycles. The Morgan fingerprint density at radius 3 is 2.43 bits per heavy atom. The predicted octanol–water partition coefficient (Wildman–Crippen LogP) is 2.02. The van der Waals surface area contributed by atoms with E-state index in [4.69, 9.17) is 9.47 Å². The Labute approximate surface area is 135 Å². The van der Waals surface area contributed by atoms with Crippen LogP contribution in [0.2, 0.25) is 0 Å². The lowest BCUT2D eigenvalue weighted by Crippen LogP contribution is -2.32. The summed E-state index contributed by atoms with van der Waals surface area (Å²) in [5.74, 6) is -0.615. The summed E-state index contributed by atoms with van der Waals surface area (Å²) in [5, 5.41) is 10.1. The summed E-state index contributed by atoms with van der Waals surface area (Å²) < 4.78 is 10.1. The molecule has 2 rings (SSSR count). The molecule has 23 heavy (non-hydrogen) atoms. The van der Waals surface area contributed by atoms with E-state index in [0.717, 1.165) is 5.56 Å². The second kappa shape index (κ2) is 7.28. The molecule has 0 aliphatic carbocycles. The summed E-state index contributed by atoms with van der Waals surface area (Å²) in [6, 6.07) is 6.53. The van der Waals surface area contributed by atoms with Crippen molar-refractivity contribution in [2.45, 2.75) is 19.4 Å². The van der Waals surface area contributed by atoms with Crippen LogP contribution in [0.15, 0.2) is 35.6 Å². The minimum absolute atomic E-state index is 0.137. The first-order chi connectivity index (χ1) is 11.0. The smallest absolute Gasteiger partial charge is 0.290 e. The van der Waals surface area contributed by atoms with E-state index in [-0.39, 0.29) is 11.4 Å². The molecule has 1 atom stereocenters. The molecule has 1 heterocycles. The van der Waals surface area contributed by atoms with Gasteiger partial charge in [-0.15, -0.1) is 0 Å². The van der Waals surface area contributed by atoms with Crippen LogP contribution in [0.3, 0.4) is 0 Å². The zero-order valence-electron chi connectivity index (χ0n) is 13.5. The standard InChI is InChI=1S/C17H21NO5/c1-11(19)14-15(12-5-7-13(23-3)8-6-12)18(9-4-10-22-2)17(21)16(14)20/h5-8,15,20H,4,9-10H2,1-3H3. The Hall–Kier alpha value is -2.34. The molecule has 0 spiro atoms. The van der Waals surface area contributed by atoms with Gasteiger partial charge in [0.15, 0.2) is 11.5 Å². The maximum atomic E-state index is 12.3. The number of carbonyl (C=O) groups is 2. The van der Waals surface area contributed by atoms with Crippen molar-refractivity contribution in [3.05, 3.63) is 41.2 Å². The number of ether oxygens (including phenoxy) is 2. The fraction of sp³-hybridized carbons (Fsp3) is 0.412. The van der Waals surface area contributed by atoms with Crippen molar-refractivity contribution < 1.29 is 24.2 Å². The van der Waals surface area contributed by atoms with Gasteiger partial charge < -0.3 is 19.5 Å². The number of nitrogens with zero attached hydrogens (tertiary/aromatic N) is 1. The van der Waals surface area contributed by atoms with Crippen LogP contribution in [0.1, 0.15) is 24.9 Å². The second-order valence-electron chi connectivity index (χ2n) is 5.34. The largest absolute Gasteiger partial charge is 0.503 e. The Balaban J connectivity index is 2.38. The molecule has 0 fully saturated rings. The van der Waals surface area contributed by atoms with Crippen molar-refractivity contribution in [3.8, 4) is 5.75 Å². The number of aliphatic hydroxyl groups excluding tert-OH is 1. The van der Waals surface area contributed by atoms with E-state index in [9.17, 15) is 14.7 Å². The van der Waals surface area contributed by atoms with Gasteiger partial charge in [0.05, 0.1) is 18.7 Å². The Morgan fingerprint density at radius 2 is 1.91 bits per heavy atom. The van der Waals surface area contributed by atoms with Gasteiger partial charge in [0.2, 0.25) is 0 Å². The van der Waals surface area contributed by atoms with E-state index in [2.05, 4.69) is 0 Å². The maximum absolute atomic E-state index is 12.3. The van der Waals surface area contributed by atoms with Crippen LogP contribution >= 0.6 is 0 Å². The third-order valence-corrected chi connectivity index (χ3v) is 3.86. The molecule has 6 nitrogen and oxygen atoms in total. The normalized spacial score (nSPS) is 17.8. The van der Waals surface area contributed by atoms with E-state index >= 15 is 0 Å². The molecule has 0 saturated carbocycles. The fourth-order valence-corrected chi connectivity index (χ4v) is 2.76. The highest BCUT2D eigenvalue weighted by molar-refractivity contribution is 6.08. The van der Waals surface area contributed by atoms with Crippen LogP contribution in [-0.4, -0.2) is 49.1 Å². The number of benzene rings is 1. The molecular formula is C17H21NO5. The van der Waals surface area contributed by atoms with Gasteiger partial charge in [-0.1, -0.05) is 12.1 Å². The lowest BCUT2D eigenvalue weighted by molar-refractivity contribution is -0.129. The first-order valence-electron chi connectivity index (χ1n) is 7.39. The molecule has 1 N–H and O–H groups in total. The van der Waals surface area contributed by atoms with Crippen molar-refractivity contribution in [1.29, 1.82) is 0 Å². The summed E-state index contributed by atoms with van der Waals surface area (Å²) >= 11 is 0. The van der Waals surface area contributed by atoms with E-state index in [1.54, 1.807) is 38.5 Å². The van der Waals surface area contributed by atoms with Gasteiger partial charge >= 0.3 is 0 Å². The van der Waals surface area contributed by atoms with Gasteiger partial charge in [-0.25, -0.2) is 0 Å². The molecule has 1 aliphatic rings. The highest BCUT2D eigenvalue weighted by atomic mass is 16.5. The molecule has 0 bridgehead atoms. The summed E-state index contributed by atoms with van der Waals surface area (Å²) in [6.45, 7) is 2.24. The molecule has 6 heteroatoms. The Kier molecular flexibility index (Phi) is 5.39. The predicted molar refractivity (Wildman–Crippen MR) is 84.3 cm³/mol. The van der Waals surface area contributed by atoms with Crippen LogP contribution in [0.25, 0.3) is 0 Å². The van der Waals surface area contributed by atoms with E-state index in [1.165, 1.54) is 11.8 Å². The number of Topliss-reactive ketones (excluding diaryl/α,β-unsaturated/α-hetero) is 1. The van der Waals surface area contributed by atoms with Gasteiger partial charge in [-0.05, 0) is 31.0 Å². The van der Waals surface area contributed by atoms with Crippen LogP contribution in [0, 0.1) is 0 Å². The highest BCUT2D eigenvalue weighted by Crippen LogP contribution is 2.38. The SMILES string of the molecule is COCCCN1C(=O)C(O)=C(C(C)=O)C1c1ccc(OC)cc1. The average Bonchev–Trinajstić information content (AvgIpc) is 2.80. The molecule has 0 saturated heterocycles. The molecule has 1 aromatic carbocycles. The third-order valence-electron chi connectivity index (χ3n) is 3.86. The van der Waals surface area contributed by atoms with E-state index in [0.29, 0.717) is 25.3 Å². The zero-order chi connectivity index (χ0) is 17.0. The maximum Gasteiger partial charge on any atom is 0.290 e. The van der Waals surface area contributed by atoms with Crippen LogP contribution in [-0.2, 0) is 14.3 Å². The quantitative estimate of drug-likeness (QED) is 0.778. The number of hydrogen-bond donors (Lipinski definition) is 1. The van der Waals surface area contributed by atoms with Crippen LogP contribution in [0.5, 0.6) is 5.75 Å². The highest BCUT2D eigenvalue weighted by Gasteiger charge is 2.41. The van der Waals surface area contributed by atoms with Gasteiger partial charge in [0.1, 0.15) is 5.75 Å². The minimum atomic E-state index is -0.581. The second-order valence-corrected chi connectivity index (χ2v) is 5.34. The van der Waals surface area contributed by atoms with Crippen molar-refractivity contribution in [3.63, 3.8) is 0 Å². The summed E-state index contributed by atoms with van der Waals surface area (Å²) in [5.41, 5.74) is 0.892. The molecule has 1 amide bonds. The molecule has 124 valence electrons. The van der Waals surface area contributed by atoms with Crippen LogP contribution in [0.4, 0.5) is 0 Å². The number of rotatable bonds is 7. The number of methoxy groups -OCH3 is 2. The van der Waals surface area contributed by atoms with Crippen molar-refractivity contribution >= 4 is 11.7 Å².